The van der Waals surface area contributed by atoms with Gasteiger partial charge in [-0.2, -0.15) is 0 Å². The van der Waals surface area contributed by atoms with Crippen LogP contribution >= 0.6 is 0 Å². The molecule has 1 aromatic carbocycles. The highest BCUT2D eigenvalue weighted by molar-refractivity contribution is 5.96. The summed E-state index contributed by atoms with van der Waals surface area (Å²) in [4.78, 5) is 25.9. The second-order valence-corrected chi connectivity index (χ2v) is 5.30. The molecular weight excluding hydrogens is 292 g/mol. The molecule has 1 amide bonds. The highest BCUT2D eigenvalue weighted by Gasteiger charge is 2.01. The average Bonchev–Trinajstić information content (AvgIpc) is 2.99. The van der Waals surface area contributed by atoms with Crippen molar-refractivity contribution in [3.63, 3.8) is 0 Å². The number of hydrogen-bond donors (Lipinski definition) is 2. The molecule has 0 fully saturated rings. The Morgan fingerprint density at radius 3 is 2.87 bits per heavy atom. The maximum atomic E-state index is 11.8. The number of H-pyrrole nitrogens is 1. The van der Waals surface area contributed by atoms with Gasteiger partial charge >= 0.3 is 5.97 Å². The minimum Gasteiger partial charge on any atom is -0.469 e. The van der Waals surface area contributed by atoms with E-state index in [1.165, 1.54) is 7.11 Å². The zero-order chi connectivity index (χ0) is 16.5. The second kappa shape index (κ2) is 8.78. The molecule has 2 N–H and O–H groups in total. The molecule has 23 heavy (non-hydrogen) atoms. The van der Waals surface area contributed by atoms with Crippen LogP contribution in [0.3, 0.4) is 0 Å². The largest absolute Gasteiger partial charge is 0.469 e. The third kappa shape index (κ3) is 5.29. The van der Waals surface area contributed by atoms with Gasteiger partial charge in [0.25, 0.3) is 0 Å². The molecule has 0 radical (unpaired) electrons. The van der Waals surface area contributed by atoms with Crippen LogP contribution in [0.5, 0.6) is 0 Å². The van der Waals surface area contributed by atoms with E-state index >= 15 is 0 Å². The maximum Gasteiger partial charge on any atom is 0.305 e. The fraction of sp³-hybridized carbons (Fsp3) is 0.333. The molecule has 0 atom stereocenters. The lowest BCUT2D eigenvalue weighted by Gasteiger charge is -2.02. The Bertz CT molecular complexity index is 688. The van der Waals surface area contributed by atoms with E-state index in [1.807, 2.05) is 36.5 Å². The van der Waals surface area contributed by atoms with Gasteiger partial charge in [-0.1, -0.05) is 24.6 Å². The van der Waals surface area contributed by atoms with Gasteiger partial charge < -0.3 is 15.0 Å². The van der Waals surface area contributed by atoms with Crippen molar-refractivity contribution in [2.75, 3.05) is 13.7 Å². The molecule has 5 nitrogen and oxygen atoms in total. The molecule has 0 aliphatic rings. The number of benzene rings is 1. The van der Waals surface area contributed by atoms with Crippen molar-refractivity contribution in [3.05, 3.63) is 42.1 Å². The smallest absolute Gasteiger partial charge is 0.305 e. The van der Waals surface area contributed by atoms with Crippen molar-refractivity contribution in [1.29, 1.82) is 0 Å². The molecule has 0 saturated carbocycles. The minimum atomic E-state index is -0.185. The number of unbranched alkanes of at least 4 members (excludes halogenated alkanes) is 2. The number of fused-ring (bicyclic) bond motifs is 1. The van der Waals surface area contributed by atoms with E-state index in [2.05, 4.69) is 15.0 Å². The molecule has 0 spiro atoms. The van der Waals surface area contributed by atoms with Crippen LogP contribution in [0.2, 0.25) is 0 Å². The number of aromatic nitrogens is 1. The fourth-order valence-electron chi connectivity index (χ4n) is 2.34. The van der Waals surface area contributed by atoms with Gasteiger partial charge in [0.05, 0.1) is 7.11 Å². The molecule has 0 unspecified atom stereocenters. The van der Waals surface area contributed by atoms with Crippen molar-refractivity contribution in [2.24, 2.45) is 0 Å². The van der Waals surface area contributed by atoms with E-state index in [0.717, 1.165) is 35.7 Å². The Morgan fingerprint density at radius 1 is 1.22 bits per heavy atom. The SMILES string of the molecule is COC(=O)CCCCCNC(=O)/C=C/c1c[nH]c2ccccc12. The molecule has 0 bridgehead atoms. The summed E-state index contributed by atoms with van der Waals surface area (Å²) >= 11 is 0. The van der Waals surface area contributed by atoms with Crippen LogP contribution in [0.25, 0.3) is 17.0 Å². The van der Waals surface area contributed by atoms with Gasteiger partial charge in [0.1, 0.15) is 0 Å². The van der Waals surface area contributed by atoms with Crippen LogP contribution in [0.4, 0.5) is 0 Å². The summed E-state index contributed by atoms with van der Waals surface area (Å²) in [6.45, 7) is 0.609. The number of esters is 1. The Labute approximate surface area is 135 Å². The molecule has 0 aliphatic carbocycles. The van der Waals surface area contributed by atoms with Crippen LogP contribution < -0.4 is 5.32 Å². The zero-order valence-corrected chi connectivity index (χ0v) is 13.3. The van der Waals surface area contributed by atoms with Crippen LogP contribution in [0.15, 0.2) is 36.5 Å². The van der Waals surface area contributed by atoms with Gasteiger partial charge in [-0.3, -0.25) is 9.59 Å². The summed E-state index contributed by atoms with van der Waals surface area (Å²) < 4.78 is 4.57. The molecule has 122 valence electrons. The summed E-state index contributed by atoms with van der Waals surface area (Å²) in [5.41, 5.74) is 2.05. The molecule has 2 rings (SSSR count). The van der Waals surface area contributed by atoms with Crippen LogP contribution in [-0.2, 0) is 14.3 Å². The molecule has 0 aliphatic heterocycles. The Hall–Kier alpha value is -2.56. The number of hydrogen-bond acceptors (Lipinski definition) is 3. The summed E-state index contributed by atoms with van der Waals surface area (Å²) in [5, 5.41) is 3.94. The summed E-state index contributed by atoms with van der Waals surface area (Å²) in [5.74, 6) is -0.293. The highest BCUT2D eigenvalue weighted by atomic mass is 16.5. The summed E-state index contributed by atoms with van der Waals surface area (Å²) in [7, 11) is 1.39. The van der Waals surface area contributed by atoms with Crippen molar-refractivity contribution < 1.29 is 14.3 Å². The summed E-state index contributed by atoms with van der Waals surface area (Å²) in [6.07, 6.45) is 8.21. The van der Waals surface area contributed by atoms with E-state index in [-0.39, 0.29) is 11.9 Å². The number of rotatable bonds is 8. The quantitative estimate of drug-likeness (QED) is 0.447. The molecule has 1 heterocycles. The molecule has 2 aromatic rings. The first-order chi connectivity index (χ1) is 11.2. The van der Waals surface area contributed by atoms with Gasteiger partial charge in [-0.15, -0.1) is 0 Å². The third-order valence-corrected chi connectivity index (χ3v) is 3.62. The van der Waals surface area contributed by atoms with Crippen LogP contribution in [-0.4, -0.2) is 30.5 Å². The van der Waals surface area contributed by atoms with Crippen molar-refractivity contribution in [1.82, 2.24) is 10.3 Å². The van der Waals surface area contributed by atoms with Crippen LogP contribution in [0, 0.1) is 0 Å². The van der Waals surface area contributed by atoms with Gasteiger partial charge in [0, 0.05) is 36.1 Å². The Balaban J connectivity index is 1.69. The standard InChI is InChI=1S/C18H22N2O3/c1-23-18(22)9-3-2-6-12-19-17(21)11-10-14-13-20-16-8-5-4-7-15(14)16/h4-5,7-8,10-11,13,20H,2-3,6,9,12H2,1H3,(H,19,21)/b11-10+. The Kier molecular flexibility index (Phi) is 6.41. The number of nitrogens with one attached hydrogen (secondary N) is 2. The number of para-hydroxylation sites is 1. The lowest BCUT2D eigenvalue weighted by molar-refractivity contribution is -0.140. The number of aromatic amines is 1. The highest BCUT2D eigenvalue weighted by Crippen LogP contribution is 2.18. The van der Waals surface area contributed by atoms with E-state index in [1.54, 1.807) is 6.08 Å². The molecule has 1 aromatic heterocycles. The van der Waals surface area contributed by atoms with Crippen LogP contribution in [0.1, 0.15) is 31.2 Å². The lowest BCUT2D eigenvalue weighted by atomic mass is 10.1. The molecular formula is C18H22N2O3. The number of carbonyl (C=O) groups is 2. The van der Waals surface area contributed by atoms with Crippen molar-refractivity contribution in [2.45, 2.75) is 25.7 Å². The second-order valence-electron chi connectivity index (χ2n) is 5.30. The van der Waals surface area contributed by atoms with Gasteiger partial charge in [-0.25, -0.2) is 0 Å². The third-order valence-electron chi connectivity index (χ3n) is 3.62. The first kappa shape index (κ1) is 16.8. The normalized spacial score (nSPS) is 11.0. The fourth-order valence-corrected chi connectivity index (χ4v) is 2.34. The molecule has 0 saturated heterocycles. The van der Waals surface area contributed by atoms with E-state index in [0.29, 0.717) is 13.0 Å². The molecule has 5 heteroatoms. The van der Waals surface area contributed by atoms with E-state index in [4.69, 9.17) is 0 Å². The first-order valence-corrected chi connectivity index (χ1v) is 7.79. The number of amides is 1. The van der Waals surface area contributed by atoms with E-state index < -0.39 is 0 Å². The number of ether oxygens (including phenoxy) is 1. The predicted molar refractivity (Wildman–Crippen MR) is 90.8 cm³/mol. The number of methoxy groups -OCH3 is 1. The monoisotopic (exact) mass is 314 g/mol. The zero-order valence-electron chi connectivity index (χ0n) is 13.3. The summed E-state index contributed by atoms with van der Waals surface area (Å²) in [6, 6.07) is 7.97. The van der Waals surface area contributed by atoms with Gasteiger partial charge in [0.15, 0.2) is 0 Å². The van der Waals surface area contributed by atoms with Gasteiger partial charge in [-0.05, 0) is 30.5 Å². The first-order valence-electron chi connectivity index (χ1n) is 7.79. The minimum absolute atomic E-state index is 0.108. The Morgan fingerprint density at radius 2 is 2.04 bits per heavy atom. The predicted octanol–water partition coefficient (Wildman–Crippen LogP) is 3.03. The van der Waals surface area contributed by atoms with Crippen molar-refractivity contribution in [3.8, 4) is 0 Å². The van der Waals surface area contributed by atoms with Crippen molar-refractivity contribution >= 4 is 28.9 Å². The lowest BCUT2D eigenvalue weighted by Crippen LogP contribution is -2.22. The maximum absolute atomic E-state index is 11.8. The van der Waals surface area contributed by atoms with E-state index in [9.17, 15) is 9.59 Å². The average molecular weight is 314 g/mol. The topological polar surface area (TPSA) is 71.2 Å². The van der Waals surface area contributed by atoms with Gasteiger partial charge in [0.2, 0.25) is 5.91 Å². The number of carbonyl (C=O) groups excluding carboxylic acids is 2.